The van der Waals surface area contributed by atoms with Gasteiger partial charge in [0.15, 0.2) is 23.9 Å². The molecule has 0 radical (unpaired) electrons. The molecule has 13 heteroatoms. The summed E-state index contributed by atoms with van der Waals surface area (Å²) in [6.07, 6.45) is 4.80. The van der Waals surface area contributed by atoms with Crippen molar-refractivity contribution >= 4 is 22.0 Å². The number of hydrogen-bond acceptors (Lipinski definition) is 10. The number of aliphatic carboxylic acids is 1. The highest BCUT2D eigenvalue weighted by molar-refractivity contribution is 7.89. The van der Waals surface area contributed by atoms with Crippen molar-refractivity contribution < 1.29 is 42.1 Å². The number of sulfonamides is 1. The van der Waals surface area contributed by atoms with Crippen LogP contribution in [0.1, 0.15) is 42.9 Å². The molecule has 252 valence electrons. The molecule has 3 aromatic carbocycles. The molecule has 0 aliphatic carbocycles. The molecule has 12 nitrogen and oxygen atoms in total. The zero-order valence-corrected chi connectivity index (χ0v) is 27.5. The second-order valence-electron chi connectivity index (χ2n) is 11.1. The van der Waals surface area contributed by atoms with Crippen molar-refractivity contribution in [3.05, 3.63) is 96.3 Å². The van der Waals surface area contributed by atoms with Crippen molar-refractivity contribution in [3.8, 4) is 28.6 Å². The number of carboxylic acid groups (broad SMARTS) is 1. The van der Waals surface area contributed by atoms with E-state index in [2.05, 4.69) is 9.97 Å². The Morgan fingerprint density at radius 2 is 1.69 bits per heavy atom. The summed E-state index contributed by atoms with van der Waals surface area (Å²) in [5, 5.41) is 9.07. The van der Waals surface area contributed by atoms with E-state index in [1.165, 1.54) is 16.4 Å². The van der Waals surface area contributed by atoms with Gasteiger partial charge in [-0.05, 0) is 97.8 Å². The molecule has 48 heavy (non-hydrogen) atoms. The van der Waals surface area contributed by atoms with E-state index in [0.717, 1.165) is 5.56 Å². The first-order valence-corrected chi connectivity index (χ1v) is 16.9. The van der Waals surface area contributed by atoms with E-state index < -0.39 is 40.7 Å². The zero-order chi connectivity index (χ0) is 34.1. The van der Waals surface area contributed by atoms with E-state index in [1.54, 1.807) is 75.1 Å². The van der Waals surface area contributed by atoms with Crippen LogP contribution in [0.5, 0.6) is 17.2 Å². The smallest absolute Gasteiger partial charge is 0.341 e. The Balaban J connectivity index is 1.39. The molecule has 0 saturated carbocycles. The molecule has 1 unspecified atom stereocenters. The van der Waals surface area contributed by atoms with Gasteiger partial charge in [0, 0.05) is 24.5 Å². The van der Waals surface area contributed by atoms with Crippen LogP contribution in [0.3, 0.4) is 0 Å². The minimum absolute atomic E-state index is 0.0511. The number of carbonyl (C=O) groups excluding carboxylic acids is 1. The maximum Gasteiger partial charge on any atom is 0.341 e. The van der Waals surface area contributed by atoms with Crippen molar-refractivity contribution in [2.24, 2.45) is 0 Å². The zero-order valence-electron chi connectivity index (χ0n) is 26.7. The fraction of sp³-hybridized carbons (Fsp3) is 0.314. The first-order valence-electron chi connectivity index (χ1n) is 15.4. The average Bonchev–Trinajstić information content (AvgIpc) is 3.12. The fourth-order valence-electron chi connectivity index (χ4n) is 5.58. The topological polar surface area (TPSA) is 154 Å². The Kier molecular flexibility index (Phi) is 11.2. The van der Waals surface area contributed by atoms with Crippen LogP contribution in [0, 0.1) is 0 Å². The highest BCUT2D eigenvalue weighted by atomic mass is 32.2. The number of carbonyl (C=O) groups is 2. The molecule has 1 aliphatic heterocycles. The molecule has 1 aliphatic rings. The lowest BCUT2D eigenvalue weighted by molar-refractivity contribution is -0.155. The van der Waals surface area contributed by atoms with Gasteiger partial charge in [-0.3, -0.25) is 4.79 Å². The second-order valence-corrected chi connectivity index (χ2v) is 13.0. The van der Waals surface area contributed by atoms with Crippen LogP contribution >= 0.6 is 0 Å². The summed E-state index contributed by atoms with van der Waals surface area (Å²) in [5.41, 5.74) is 2.14. The number of aryl methyl sites for hydroxylation is 1. The van der Waals surface area contributed by atoms with Crippen molar-refractivity contribution in [2.45, 2.75) is 49.1 Å². The summed E-state index contributed by atoms with van der Waals surface area (Å²) in [7, 11) is -0.959. The molecule has 2 atom stereocenters. The van der Waals surface area contributed by atoms with Gasteiger partial charge in [0.05, 0.1) is 19.1 Å². The Bertz CT molecular complexity index is 1820. The minimum Gasteiger partial charge on any atom is -0.493 e. The van der Waals surface area contributed by atoms with Crippen LogP contribution in [0.25, 0.3) is 11.4 Å². The third-order valence-electron chi connectivity index (χ3n) is 8.00. The summed E-state index contributed by atoms with van der Waals surface area (Å²) < 4.78 is 51.3. The number of benzene rings is 3. The number of aromatic nitrogens is 2. The number of ether oxygens (including phenoxy) is 4. The van der Waals surface area contributed by atoms with E-state index >= 15 is 0 Å². The molecule has 1 N–H and O–H groups in total. The van der Waals surface area contributed by atoms with Gasteiger partial charge < -0.3 is 24.1 Å². The molecular formula is C35H37N3O9S. The normalized spacial score (nSPS) is 15.7. The quantitative estimate of drug-likeness (QED) is 0.178. The van der Waals surface area contributed by atoms with Crippen LogP contribution in [-0.2, 0) is 30.8 Å². The van der Waals surface area contributed by atoms with Gasteiger partial charge in [0.2, 0.25) is 10.0 Å². The maximum atomic E-state index is 13.9. The molecule has 5 rings (SSSR count). The lowest BCUT2D eigenvalue weighted by atomic mass is 10.00. The summed E-state index contributed by atoms with van der Waals surface area (Å²) in [6, 6.07) is 19.1. The van der Waals surface area contributed by atoms with Crippen LogP contribution in [0.4, 0.5) is 0 Å². The second kappa shape index (κ2) is 15.7. The predicted molar refractivity (Wildman–Crippen MR) is 175 cm³/mol. The predicted octanol–water partition coefficient (Wildman–Crippen LogP) is 5.08. The molecule has 0 amide bonds. The number of nitrogens with zero attached hydrogens (tertiary/aromatic N) is 3. The van der Waals surface area contributed by atoms with Gasteiger partial charge in [-0.1, -0.05) is 18.2 Å². The van der Waals surface area contributed by atoms with Crippen LogP contribution < -0.4 is 14.2 Å². The molecule has 2 heterocycles. The molecule has 0 spiro atoms. The molecule has 1 fully saturated rings. The Morgan fingerprint density at radius 3 is 2.40 bits per heavy atom. The lowest BCUT2D eigenvalue weighted by Gasteiger charge is -2.34. The van der Waals surface area contributed by atoms with Gasteiger partial charge >= 0.3 is 11.9 Å². The minimum atomic E-state index is -4.06. The van der Waals surface area contributed by atoms with Crippen molar-refractivity contribution in [1.82, 2.24) is 14.3 Å². The van der Waals surface area contributed by atoms with Gasteiger partial charge in [0.25, 0.3) is 0 Å². The average molecular weight is 676 g/mol. The highest BCUT2D eigenvalue weighted by Crippen LogP contribution is 2.33. The fourth-order valence-corrected chi connectivity index (χ4v) is 7.23. The van der Waals surface area contributed by atoms with Gasteiger partial charge in [0.1, 0.15) is 17.9 Å². The SMILES string of the molecule is COc1ccc(CC[C@@H](OC(=O)C2CCCCN2S(=O)(=O)c2ccc(-c3ncccn3)cc2)c2cccc(OCC(=O)O)c2)cc1OC. The van der Waals surface area contributed by atoms with Crippen LogP contribution in [0.15, 0.2) is 90.1 Å². The van der Waals surface area contributed by atoms with E-state index in [-0.39, 0.29) is 11.4 Å². The van der Waals surface area contributed by atoms with E-state index in [9.17, 15) is 18.0 Å². The monoisotopic (exact) mass is 675 g/mol. The van der Waals surface area contributed by atoms with Crippen molar-refractivity contribution in [2.75, 3.05) is 27.4 Å². The van der Waals surface area contributed by atoms with Crippen molar-refractivity contribution in [1.29, 1.82) is 0 Å². The summed E-state index contributed by atoms with van der Waals surface area (Å²) >= 11 is 0. The largest absolute Gasteiger partial charge is 0.493 e. The van der Waals surface area contributed by atoms with Crippen LogP contribution in [-0.4, -0.2) is 73.1 Å². The van der Waals surface area contributed by atoms with E-state index in [1.807, 2.05) is 12.1 Å². The first kappa shape index (κ1) is 34.3. The number of piperidine rings is 1. The van der Waals surface area contributed by atoms with E-state index in [4.69, 9.17) is 24.1 Å². The Labute approximate surface area is 279 Å². The number of rotatable bonds is 14. The Morgan fingerprint density at radius 1 is 0.938 bits per heavy atom. The Hall–Kier alpha value is -5.01. The summed E-state index contributed by atoms with van der Waals surface area (Å²) in [6.45, 7) is -0.367. The molecule has 1 aromatic heterocycles. The number of carboxylic acids is 1. The lowest BCUT2D eigenvalue weighted by Crippen LogP contribution is -2.48. The number of esters is 1. The standard InChI is InChI=1S/C35H37N3O9S/c1-44-31-17-11-24(21-32(31)45-2)10-16-30(26-7-5-8-27(22-26)46-23-33(39)40)47-35(41)29-9-3-4-20-38(29)48(42,43)28-14-12-25(13-15-28)34-36-18-6-19-37-34/h5-8,11-15,17-19,21-22,29-30H,3-4,9-10,16,20,23H2,1-2H3,(H,39,40)/t29?,30-/m1/s1. The summed E-state index contributed by atoms with van der Waals surface area (Å²) in [4.78, 5) is 33.5. The van der Waals surface area contributed by atoms with E-state index in [0.29, 0.717) is 66.3 Å². The van der Waals surface area contributed by atoms with Crippen LogP contribution in [0.2, 0.25) is 0 Å². The third kappa shape index (κ3) is 8.28. The van der Waals surface area contributed by atoms with Gasteiger partial charge in [-0.2, -0.15) is 4.31 Å². The highest BCUT2D eigenvalue weighted by Gasteiger charge is 2.39. The van der Waals surface area contributed by atoms with Crippen molar-refractivity contribution in [3.63, 3.8) is 0 Å². The molecule has 4 aromatic rings. The number of methoxy groups -OCH3 is 2. The first-order chi connectivity index (χ1) is 23.2. The molecular weight excluding hydrogens is 638 g/mol. The molecule has 1 saturated heterocycles. The van der Waals surface area contributed by atoms with Gasteiger partial charge in [-0.25, -0.2) is 23.2 Å². The molecule has 0 bridgehead atoms. The number of hydrogen-bond donors (Lipinski definition) is 1. The maximum absolute atomic E-state index is 13.9. The third-order valence-corrected chi connectivity index (χ3v) is 9.93. The van der Waals surface area contributed by atoms with Gasteiger partial charge in [-0.15, -0.1) is 0 Å². The summed E-state index contributed by atoms with van der Waals surface area (Å²) in [5.74, 6) is 0.111.